The van der Waals surface area contributed by atoms with E-state index in [4.69, 9.17) is 0 Å². The van der Waals surface area contributed by atoms with Gasteiger partial charge in [-0.15, -0.1) is 0 Å². The number of aromatic nitrogens is 2. The molecule has 7 nitrogen and oxygen atoms in total. The zero-order valence-corrected chi connectivity index (χ0v) is 23.0. The fourth-order valence-electron chi connectivity index (χ4n) is 6.77. The maximum absolute atomic E-state index is 13.3. The molecule has 3 aliphatic rings. The Morgan fingerprint density at radius 1 is 0.946 bits per heavy atom. The second-order valence-electron chi connectivity index (χ2n) is 12.5. The lowest BCUT2D eigenvalue weighted by Gasteiger charge is -2.33. The van der Waals surface area contributed by atoms with Crippen LogP contribution in [-0.4, -0.2) is 82.3 Å². The summed E-state index contributed by atoms with van der Waals surface area (Å²) in [5, 5.41) is 0. The Hall–Kier alpha value is -2.80. The molecule has 3 saturated heterocycles. The van der Waals surface area contributed by atoms with Gasteiger partial charge in [0.25, 0.3) is 5.91 Å². The Labute approximate surface area is 221 Å². The minimum atomic E-state index is -0.356. The zero-order valence-electron chi connectivity index (χ0n) is 23.0. The maximum Gasteiger partial charge on any atom is 0.257 e. The van der Waals surface area contributed by atoms with E-state index in [1.54, 1.807) is 0 Å². The predicted octanol–water partition coefficient (Wildman–Crippen LogP) is 3.70. The first-order chi connectivity index (χ1) is 17.6. The van der Waals surface area contributed by atoms with Crippen LogP contribution in [-0.2, 0) is 10.2 Å². The third-order valence-corrected chi connectivity index (χ3v) is 8.86. The van der Waals surface area contributed by atoms with Gasteiger partial charge in [0.2, 0.25) is 5.91 Å². The molecule has 4 heterocycles. The number of amides is 2. The van der Waals surface area contributed by atoms with Crippen LogP contribution in [0.25, 0.3) is 0 Å². The molecule has 0 radical (unpaired) electrons. The third kappa shape index (κ3) is 5.02. The number of aryl methyl sites for hydroxylation is 2. The van der Waals surface area contributed by atoms with E-state index in [0.29, 0.717) is 17.4 Å². The van der Waals surface area contributed by atoms with Crippen molar-refractivity contribution in [3.8, 4) is 0 Å². The van der Waals surface area contributed by atoms with Gasteiger partial charge in [0.15, 0.2) is 0 Å². The minimum Gasteiger partial charge on any atom is -0.341 e. The molecule has 1 aromatic carbocycles. The highest BCUT2D eigenvalue weighted by molar-refractivity contribution is 5.96. The molecule has 0 saturated carbocycles. The molecule has 0 aliphatic carbocycles. The first kappa shape index (κ1) is 25.8. The highest BCUT2D eigenvalue weighted by atomic mass is 16.2. The topological polar surface area (TPSA) is 69.6 Å². The maximum atomic E-state index is 13.3. The lowest BCUT2D eigenvalue weighted by Crippen LogP contribution is -2.41. The van der Waals surface area contributed by atoms with Gasteiger partial charge >= 0.3 is 0 Å². The van der Waals surface area contributed by atoms with E-state index >= 15 is 0 Å². The van der Waals surface area contributed by atoms with Gasteiger partial charge in [-0.25, -0.2) is 9.97 Å². The number of hydrogen-bond acceptors (Lipinski definition) is 5. The van der Waals surface area contributed by atoms with Crippen molar-refractivity contribution >= 4 is 11.8 Å². The molecular formula is C30H41N5O2. The van der Waals surface area contributed by atoms with E-state index in [9.17, 15) is 9.59 Å². The second kappa shape index (κ2) is 9.82. The Bertz CT molecular complexity index is 1130. The highest BCUT2D eigenvalue weighted by Crippen LogP contribution is 2.40. The summed E-state index contributed by atoms with van der Waals surface area (Å²) in [5.74, 6) is 1.36. The van der Waals surface area contributed by atoms with E-state index in [1.807, 2.05) is 39.5 Å². The van der Waals surface area contributed by atoms with Crippen LogP contribution in [0, 0.1) is 31.1 Å². The van der Waals surface area contributed by atoms with Crippen LogP contribution in [0.4, 0.5) is 0 Å². The first-order valence-electron chi connectivity index (χ1n) is 13.7. The number of carbonyl (C=O) groups is 2. The average molecular weight is 504 g/mol. The van der Waals surface area contributed by atoms with E-state index in [1.165, 1.54) is 11.9 Å². The number of hydrogen-bond donors (Lipinski definition) is 0. The van der Waals surface area contributed by atoms with Crippen molar-refractivity contribution in [2.75, 3.05) is 45.8 Å². The molecule has 198 valence electrons. The molecule has 0 N–H and O–H groups in total. The van der Waals surface area contributed by atoms with Crippen molar-refractivity contribution in [2.45, 2.75) is 52.9 Å². The van der Waals surface area contributed by atoms with Gasteiger partial charge in [-0.1, -0.05) is 51.1 Å². The first-order valence-corrected chi connectivity index (χ1v) is 13.7. The van der Waals surface area contributed by atoms with Crippen LogP contribution in [0.5, 0.6) is 0 Å². The monoisotopic (exact) mass is 503 g/mol. The summed E-state index contributed by atoms with van der Waals surface area (Å²) in [6.45, 7) is 16.2. The van der Waals surface area contributed by atoms with E-state index in [-0.39, 0.29) is 22.6 Å². The van der Waals surface area contributed by atoms with Crippen LogP contribution in [0.1, 0.15) is 60.9 Å². The SMILES string of the molecule is Cc1ncnc(C)c1C(=O)N1CC2CN(CCC3(c4ccccc4)CCN(C(=O)C(C)(C)C)C3)CC2C1. The summed E-state index contributed by atoms with van der Waals surface area (Å²) in [5.41, 5.74) is 3.19. The lowest BCUT2D eigenvalue weighted by molar-refractivity contribution is -0.138. The van der Waals surface area contributed by atoms with E-state index < -0.39 is 0 Å². The number of nitrogens with zero attached hydrogens (tertiary/aromatic N) is 5. The van der Waals surface area contributed by atoms with Crippen molar-refractivity contribution in [1.82, 2.24) is 24.7 Å². The lowest BCUT2D eigenvalue weighted by atomic mass is 9.76. The largest absolute Gasteiger partial charge is 0.341 e. The molecule has 0 spiro atoms. The molecular weight excluding hydrogens is 462 g/mol. The Morgan fingerprint density at radius 3 is 2.16 bits per heavy atom. The van der Waals surface area contributed by atoms with Gasteiger partial charge in [-0.3, -0.25) is 9.59 Å². The number of rotatable bonds is 5. The Kier molecular flexibility index (Phi) is 6.86. The van der Waals surface area contributed by atoms with E-state index in [0.717, 1.165) is 70.0 Å². The van der Waals surface area contributed by atoms with Crippen molar-refractivity contribution in [3.63, 3.8) is 0 Å². The third-order valence-electron chi connectivity index (χ3n) is 8.86. The number of benzene rings is 1. The van der Waals surface area contributed by atoms with Crippen molar-refractivity contribution in [1.29, 1.82) is 0 Å². The van der Waals surface area contributed by atoms with Crippen LogP contribution in [0.3, 0.4) is 0 Å². The van der Waals surface area contributed by atoms with Crippen molar-refractivity contribution < 1.29 is 9.59 Å². The second-order valence-corrected chi connectivity index (χ2v) is 12.5. The van der Waals surface area contributed by atoms with Gasteiger partial charge in [-0.05, 0) is 50.6 Å². The van der Waals surface area contributed by atoms with Crippen molar-refractivity contribution in [2.24, 2.45) is 17.3 Å². The Morgan fingerprint density at radius 2 is 1.57 bits per heavy atom. The summed E-state index contributed by atoms with van der Waals surface area (Å²) in [7, 11) is 0. The highest BCUT2D eigenvalue weighted by Gasteiger charge is 2.46. The quantitative estimate of drug-likeness (QED) is 0.622. The molecule has 7 heteroatoms. The molecule has 0 bridgehead atoms. The molecule has 1 aromatic heterocycles. The smallest absolute Gasteiger partial charge is 0.257 e. The van der Waals surface area contributed by atoms with Crippen LogP contribution < -0.4 is 0 Å². The molecule has 2 aromatic rings. The summed E-state index contributed by atoms with van der Waals surface area (Å²) in [4.78, 5) is 41.5. The fourth-order valence-corrected chi connectivity index (χ4v) is 6.77. The number of carbonyl (C=O) groups excluding carboxylic acids is 2. The van der Waals surface area contributed by atoms with Gasteiger partial charge < -0.3 is 14.7 Å². The van der Waals surface area contributed by atoms with Crippen LogP contribution in [0.15, 0.2) is 36.7 Å². The Balaban J connectivity index is 1.22. The minimum absolute atomic E-state index is 0.00420. The molecule has 37 heavy (non-hydrogen) atoms. The number of likely N-dealkylation sites (tertiary alicyclic amines) is 3. The molecule has 3 aliphatic heterocycles. The van der Waals surface area contributed by atoms with Gasteiger partial charge in [0.1, 0.15) is 6.33 Å². The molecule has 3 atom stereocenters. The molecule has 3 fully saturated rings. The van der Waals surface area contributed by atoms with Crippen LogP contribution in [0.2, 0.25) is 0 Å². The van der Waals surface area contributed by atoms with Gasteiger partial charge in [0.05, 0.1) is 17.0 Å². The standard InChI is InChI=1S/C30H41N5O2/c1-21-26(22(2)32-20-31-21)27(36)35-17-23-15-33(16-24(23)18-35)13-11-30(25-9-7-6-8-10-25)12-14-34(19-30)28(37)29(3,4)5/h6-10,20,23-24H,11-19H2,1-5H3. The average Bonchev–Trinajstić information content (AvgIpc) is 3.56. The van der Waals surface area contributed by atoms with Crippen molar-refractivity contribution in [3.05, 3.63) is 59.2 Å². The summed E-state index contributed by atoms with van der Waals surface area (Å²) in [6, 6.07) is 10.8. The van der Waals surface area contributed by atoms with Gasteiger partial charge in [-0.2, -0.15) is 0 Å². The zero-order chi connectivity index (χ0) is 26.4. The summed E-state index contributed by atoms with van der Waals surface area (Å²) in [6.07, 6.45) is 3.59. The molecule has 3 unspecified atom stereocenters. The number of fused-ring (bicyclic) bond motifs is 1. The summed E-state index contributed by atoms with van der Waals surface area (Å²) < 4.78 is 0. The normalized spacial score (nSPS) is 26.1. The van der Waals surface area contributed by atoms with Crippen LogP contribution >= 0.6 is 0 Å². The molecule has 5 rings (SSSR count). The van der Waals surface area contributed by atoms with E-state index in [2.05, 4.69) is 50.1 Å². The fraction of sp³-hybridized carbons (Fsp3) is 0.600. The summed E-state index contributed by atoms with van der Waals surface area (Å²) >= 11 is 0. The van der Waals surface area contributed by atoms with Gasteiger partial charge in [0, 0.05) is 50.1 Å². The molecule has 2 amide bonds. The predicted molar refractivity (Wildman–Crippen MR) is 144 cm³/mol.